The summed E-state index contributed by atoms with van der Waals surface area (Å²) in [6, 6.07) is 7.71. The first kappa shape index (κ1) is 25.0. The van der Waals surface area contributed by atoms with Crippen LogP contribution in [0.1, 0.15) is 31.5 Å². The number of carbonyl (C=O) groups excluding carboxylic acids is 1. The van der Waals surface area contributed by atoms with E-state index >= 15 is 0 Å². The van der Waals surface area contributed by atoms with Gasteiger partial charge in [0.1, 0.15) is 11.4 Å². The zero-order chi connectivity index (χ0) is 26.1. The molecule has 1 fully saturated rings. The second-order valence-corrected chi connectivity index (χ2v) is 9.86. The number of rotatable bonds is 4. The average molecular weight is 520 g/mol. The molecule has 0 radical (unpaired) electrons. The quantitative estimate of drug-likeness (QED) is 0.459. The third kappa shape index (κ3) is 5.10. The van der Waals surface area contributed by atoms with Crippen LogP contribution >= 0.6 is 11.6 Å². The number of carbonyl (C=O) groups is 1. The molecule has 2 amide bonds. The lowest BCUT2D eigenvalue weighted by molar-refractivity contribution is -0.0579. The number of morpholine rings is 1. The van der Waals surface area contributed by atoms with E-state index in [-0.39, 0.29) is 18.2 Å². The highest BCUT2D eigenvalue weighted by Crippen LogP contribution is 2.35. The van der Waals surface area contributed by atoms with Crippen molar-refractivity contribution in [2.75, 3.05) is 38.6 Å². The van der Waals surface area contributed by atoms with Gasteiger partial charge in [-0.05, 0) is 44.0 Å². The van der Waals surface area contributed by atoms with Gasteiger partial charge >= 0.3 is 6.03 Å². The van der Waals surface area contributed by atoms with Gasteiger partial charge in [0.05, 0.1) is 30.0 Å². The number of aromatic amines is 1. The number of halogens is 1. The molecule has 192 valence electrons. The molecule has 2 N–H and O–H groups in total. The predicted octanol–water partition coefficient (Wildman–Crippen LogP) is 5.27. The normalized spacial score (nSPS) is 19.9. The van der Waals surface area contributed by atoms with Crippen LogP contribution in [0.5, 0.6) is 5.75 Å². The van der Waals surface area contributed by atoms with Gasteiger partial charge in [-0.3, -0.25) is 0 Å². The van der Waals surface area contributed by atoms with Crippen LogP contribution in [-0.2, 0) is 4.74 Å². The number of nitrogens with zero attached hydrogens (tertiary/aromatic N) is 3. The third-order valence-electron chi connectivity index (χ3n) is 6.74. The SMILES string of the molecule is C#Cc1cc(Nc2ccnc3[nH]c(C4=CCN(C(=O)N5CC(C)OC(C)C5)CC4)cc23)cc(OC)c1Cl. The summed E-state index contributed by atoms with van der Waals surface area (Å²) in [6.45, 7) is 6.51. The zero-order valence-electron chi connectivity index (χ0n) is 21.2. The van der Waals surface area contributed by atoms with Crippen LogP contribution in [0.2, 0.25) is 5.02 Å². The highest BCUT2D eigenvalue weighted by molar-refractivity contribution is 6.33. The summed E-state index contributed by atoms with van der Waals surface area (Å²) in [5.74, 6) is 3.11. The number of urea groups is 1. The molecular formula is C28H30ClN5O3. The maximum atomic E-state index is 13.1. The van der Waals surface area contributed by atoms with Crippen molar-refractivity contribution in [2.45, 2.75) is 32.5 Å². The van der Waals surface area contributed by atoms with E-state index in [1.807, 2.05) is 41.8 Å². The van der Waals surface area contributed by atoms with Gasteiger partial charge < -0.3 is 29.6 Å². The molecule has 2 aliphatic rings. The van der Waals surface area contributed by atoms with E-state index in [1.165, 1.54) is 5.57 Å². The lowest BCUT2D eigenvalue weighted by Gasteiger charge is -2.39. The summed E-state index contributed by atoms with van der Waals surface area (Å²) in [4.78, 5) is 24.8. The van der Waals surface area contributed by atoms with E-state index in [0.717, 1.165) is 34.5 Å². The number of nitrogens with one attached hydrogen (secondary N) is 2. The molecule has 2 atom stereocenters. The fraction of sp³-hybridized carbons (Fsp3) is 0.357. The second-order valence-electron chi connectivity index (χ2n) is 9.48. The first-order valence-electron chi connectivity index (χ1n) is 12.3. The van der Waals surface area contributed by atoms with Gasteiger partial charge in [-0.1, -0.05) is 23.6 Å². The molecule has 0 saturated carbocycles. The van der Waals surface area contributed by atoms with Gasteiger partial charge in [-0.15, -0.1) is 6.42 Å². The Bertz CT molecular complexity index is 1400. The van der Waals surface area contributed by atoms with E-state index in [0.29, 0.717) is 42.5 Å². The van der Waals surface area contributed by atoms with Crippen LogP contribution < -0.4 is 10.1 Å². The Morgan fingerprint density at radius 1 is 1.27 bits per heavy atom. The third-order valence-corrected chi connectivity index (χ3v) is 7.13. The molecule has 8 nitrogen and oxygen atoms in total. The van der Waals surface area contributed by atoms with E-state index in [1.54, 1.807) is 13.3 Å². The fourth-order valence-electron chi connectivity index (χ4n) is 5.01. The molecule has 9 heteroatoms. The number of fused-ring (bicyclic) bond motifs is 1. The molecule has 1 aromatic carbocycles. The minimum absolute atomic E-state index is 0.0531. The van der Waals surface area contributed by atoms with Gasteiger partial charge in [0.15, 0.2) is 0 Å². The van der Waals surface area contributed by atoms with E-state index in [9.17, 15) is 4.79 Å². The molecule has 4 heterocycles. The fourth-order valence-corrected chi connectivity index (χ4v) is 5.25. The van der Waals surface area contributed by atoms with Crippen molar-refractivity contribution in [3.8, 4) is 18.1 Å². The standard InChI is InChI=1S/C28H30ClN5O3/c1-5-19-12-21(13-25(36-4)26(19)29)31-23-6-9-30-27-22(23)14-24(32-27)20-7-10-33(11-8-20)28(35)34-15-17(2)37-18(3)16-34/h1,6-7,9,12-14,17-18H,8,10-11,15-16H2,2-4H3,(H2,30,31,32). The van der Waals surface area contributed by atoms with Crippen LogP contribution in [0, 0.1) is 12.3 Å². The first-order chi connectivity index (χ1) is 17.9. The summed E-state index contributed by atoms with van der Waals surface area (Å²) in [6.07, 6.45) is 10.4. The van der Waals surface area contributed by atoms with Crippen LogP contribution in [0.3, 0.4) is 0 Å². The number of aromatic nitrogens is 2. The van der Waals surface area contributed by atoms with E-state index < -0.39 is 0 Å². The molecule has 0 aliphatic carbocycles. The predicted molar refractivity (Wildman–Crippen MR) is 146 cm³/mol. The van der Waals surface area contributed by atoms with Gasteiger partial charge in [0.25, 0.3) is 0 Å². The maximum Gasteiger partial charge on any atom is 0.320 e. The van der Waals surface area contributed by atoms with Gasteiger partial charge in [-0.25, -0.2) is 9.78 Å². The number of hydrogen-bond acceptors (Lipinski definition) is 5. The Kier molecular flexibility index (Phi) is 7.00. The van der Waals surface area contributed by atoms with Crippen LogP contribution in [-0.4, -0.2) is 71.3 Å². The molecule has 0 bridgehead atoms. The maximum absolute atomic E-state index is 13.1. The van der Waals surface area contributed by atoms with Gasteiger partial charge in [-0.2, -0.15) is 0 Å². The van der Waals surface area contributed by atoms with Crippen molar-refractivity contribution in [3.05, 3.63) is 52.8 Å². The molecule has 1 saturated heterocycles. The van der Waals surface area contributed by atoms with Crippen molar-refractivity contribution in [1.82, 2.24) is 19.8 Å². The van der Waals surface area contributed by atoms with E-state index in [2.05, 4.69) is 33.3 Å². The number of hydrogen-bond donors (Lipinski definition) is 2. The summed E-state index contributed by atoms with van der Waals surface area (Å²) in [5, 5.41) is 4.78. The first-order valence-corrected chi connectivity index (χ1v) is 12.7. The van der Waals surface area contributed by atoms with Crippen LogP contribution in [0.25, 0.3) is 16.6 Å². The van der Waals surface area contributed by atoms with Crippen molar-refractivity contribution in [2.24, 2.45) is 0 Å². The molecule has 5 rings (SSSR count). The molecule has 2 aromatic heterocycles. The lowest BCUT2D eigenvalue weighted by Crippen LogP contribution is -2.53. The number of terminal acetylenes is 1. The molecule has 2 aliphatic heterocycles. The van der Waals surface area contributed by atoms with Crippen molar-refractivity contribution in [1.29, 1.82) is 0 Å². The minimum atomic E-state index is 0.0531. The summed E-state index contributed by atoms with van der Waals surface area (Å²) < 4.78 is 11.2. The second kappa shape index (κ2) is 10.4. The molecule has 37 heavy (non-hydrogen) atoms. The number of anilines is 2. The molecule has 2 unspecified atom stereocenters. The minimum Gasteiger partial charge on any atom is -0.495 e. The number of H-pyrrole nitrogens is 1. The topological polar surface area (TPSA) is 82.7 Å². The summed E-state index contributed by atoms with van der Waals surface area (Å²) in [5.41, 5.74) is 5.13. The highest BCUT2D eigenvalue weighted by atomic mass is 35.5. The zero-order valence-corrected chi connectivity index (χ0v) is 21.9. The highest BCUT2D eigenvalue weighted by Gasteiger charge is 2.30. The van der Waals surface area contributed by atoms with Crippen LogP contribution in [0.4, 0.5) is 16.2 Å². The number of methoxy groups -OCH3 is 1. The Hall–Kier alpha value is -3.67. The van der Waals surface area contributed by atoms with Gasteiger partial charge in [0, 0.05) is 60.8 Å². The smallest absolute Gasteiger partial charge is 0.320 e. The Balaban J connectivity index is 1.35. The van der Waals surface area contributed by atoms with Gasteiger partial charge in [0.2, 0.25) is 0 Å². The molecular weight excluding hydrogens is 490 g/mol. The summed E-state index contributed by atoms with van der Waals surface area (Å²) in [7, 11) is 1.56. The molecule has 0 spiro atoms. The Morgan fingerprint density at radius 3 is 2.73 bits per heavy atom. The number of ether oxygens (including phenoxy) is 2. The van der Waals surface area contributed by atoms with Crippen molar-refractivity contribution >= 4 is 45.6 Å². The van der Waals surface area contributed by atoms with Crippen LogP contribution in [0.15, 0.2) is 36.5 Å². The summed E-state index contributed by atoms with van der Waals surface area (Å²) >= 11 is 6.31. The lowest BCUT2D eigenvalue weighted by atomic mass is 10.0. The molecule has 3 aromatic rings. The number of amides is 2. The number of benzene rings is 1. The largest absolute Gasteiger partial charge is 0.495 e. The van der Waals surface area contributed by atoms with Crippen molar-refractivity contribution in [3.63, 3.8) is 0 Å². The van der Waals surface area contributed by atoms with Crippen molar-refractivity contribution < 1.29 is 14.3 Å². The average Bonchev–Trinajstić information content (AvgIpc) is 3.34. The Morgan fingerprint density at radius 2 is 2.05 bits per heavy atom. The Labute approximate surface area is 221 Å². The number of pyridine rings is 1. The van der Waals surface area contributed by atoms with E-state index in [4.69, 9.17) is 27.5 Å². The monoisotopic (exact) mass is 519 g/mol.